The monoisotopic (exact) mass is 364 g/mol. The maximum Gasteiger partial charge on any atom is 0.220 e. The van der Waals surface area contributed by atoms with Crippen LogP contribution in [0.1, 0.15) is 63.4 Å². The molecule has 0 heterocycles. The number of benzene rings is 1. The lowest BCUT2D eigenvalue weighted by atomic mass is 10.1. The molecule has 1 fully saturated rings. The Labute approximate surface area is 158 Å². The van der Waals surface area contributed by atoms with Crippen LogP contribution in [0, 0.1) is 0 Å². The number of nitrogens with one attached hydrogen (secondary N) is 1. The molecule has 1 aromatic rings. The van der Waals surface area contributed by atoms with E-state index in [1.54, 1.807) is 0 Å². The quantitative estimate of drug-likeness (QED) is 0.369. The normalized spacial score (nSPS) is 15.9. The van der Waals surface area contributed by atoms with Gasteiger partial charge in [0.2, 0.25) is 5.91 Å². The molecule has 0 radical (unpaired) electrons. The van der Waals surface area contributed by atoms with Crippen LogP contribution in [-0.2, 0) is 11.3 Å². The van der Waals surface area contributed by atoms with Gasteiger partial charge in [-0.1, -0.05) is 56.0 Å². The van der Waals surface area contributed by atoms with E-state index in [0.29, 0.717) is 18.3 Å². The summed E-state index contributed by atoms with van der Waals surface area (Å²) in [6.45, 7) is 2.82. The third kappa shape index (κ3) is 8.73. The van der Waals surface area contributed by atoms with Crippen molar-refractivity contribution in [3.63, 3.8) is 0 Å². The molecule has 0 unspecified atom stereocenters. The average molecular weight is 365 g/mol. The van der Waals surface area contributed by atoms with E-state index < -0.39 is 0 Å². The molecule has 4 heteroatoms. The first-order valence-corrected chi connectivity index (χ1v) is 10.4. The van der Waals surface area contributed by atoms with Gasteiger partial charge in [-0.05, 0) is 37.8 Å². The second-order valence-corrected chi connectivity index (χ2v) is 7.54. The fourth-order valence-corrected chi connectivity index (χ4v) is 3.81. The van der Waals surface area contributed by atoms with Crippen molar-refractivity contribution in [2.75, 3.05) is 19.0 Å². The summed E-state index contributed by atoms with van der Waals surface area (Å²) < 4.78 is 0. The van der Waals surface area contributed by atoms with Crippen LogP contribution in [0.2, 0.25) is 0 Å². The zero-order valence-corrected chi connectivity index (χ0v) is 16.1. The van der Waals surface area contributed by atoms with E-state index in [0.717, 1.165) is 45.3 Å². The molecule has 1 N–H and O–H groups in total. The van der Waals surface area contributed by atoms with Crippen molar-refractivity contribution in [3.05, 3.63) is 35.9 Å². The van der Waals surface area contributed by atoms with Crippen molar-refractivity contribution in [2.24, 2.45) is 0 Å². The lowest BCUT2D eigenvalue weighted by Crippen LogP contribution is -2.34. The number of nitrogens with zero attached hydrogens (tertiary/aromatic N) is 1. The van der Waals surface area contributed by atoms with Gasteiger partial charge in [0, 0.05) is 31.4 Å². The Bertz CT molecular complexity index is 472. The lowest BCUT2D eigenvalue weighted by Gasteiger charge is -2.21. The van der Waals surface area contributed by atoms with Crippen LogP contribution in [0.25, 0.3) is 0 Å². The van der Waals surface area contributed by atoms with Crippen molar-refractivity contribution >= 4 is 17.5 Å². The second-order valence-electron chi connectivity index (χ2n) is 7.16. The van der Waals surface area contributed by atoms with E-state index in [4.69, 9.17) is 11.6 Å². The van der Waals surface area contributed by atoms with Gasteiger partial charge in [0.1, 0.15) is 0 Å². The van der Waals surface area contributed by atoms with E-state index in [1.165, 1.54) is 31.2 Å². The predicted octanol–water partition coefficient (Wildman–Crippen LogP) is 4.74. The number of rotatable bonds is 10. The van der Waals surface area contributed by atoms with E-state index in [9.17, 15) is 4.79 Å². The summed E-state index contributed by atoms with van der Waals surface area (Å²) in [6, 6.07) is 10.9. The SMILES string of the molecule is O=C(CCCCN(CCCl)Cc1ccccc1)NC1CCCCCC1. The molecule has 1 aromatic carbocycles. The standard InChI is InChI=1S/C21H33ClN2O/c22-15-17-24(18-19-10-4-3-5-11-19)16-9-8-14-21(25)23-20-12-6-1-2-7-13-20/h3-5,10-11,20H,1-2,6-9,12-18H2,(H,23,25). The Morgan fingerprint density at radius 3 is 2.44 bits per heavy atom. The van der Waals surface area contributed by atoms with Crippen molar-refractivity contribution in [3.8, 4) is 0 Å². The Morgan fingerprint density at radius 1 is 1.04 bits per heavy atom. The molecule has 0 bridgehead atoms. The number of carbonyl (C=O) groups is 1. The molecule has 1 aliphatic carbocycles. The molecule has 1 amide bonds. The third-order valence-electron chi connectivity index (χ3n) is 5.00. The van der Waals surface area contributed by atoms with Gasteiger partial charge in [-0.15, -0.1) is 11.6 Å². The topological polar surface area (TPSA) is 32.3 Å². The number of amides is 1. The molecule has 2 rings (SSSR count). The van der Waals surface area contributed by atoms with Crippen LogP contribution >= 0.6 is 11.6 Å². The summed E-state index contributed by atoms with van der Waals surface area (Å²) in [5.74, 6) is 0.883. The highest BCUT2D eigenvalue weighted by molar-refractivity contribution is 6.18. The largest absolute Gasteiger partial charge is 0.353 e. The van der Waals surface area contributed by atoms with Crippen molar-refractivity contribution in [1.82, 2.24) is 10.2 Å². The van der Waals surface area contributed by atoms with Gasteiger partial charge in [0.15, 0.2) is 0 Å². The Balaban J connectivity index is 1.62. The fourth-order valence-electron chi connectivity index (χ4n) is 3.58. The van der Waals surface area contributed by atoms with Gasteiger partial charge in [0.05, 0.1) is 0 Å². The number of alkyl halides is 1. The van der Waals surface area contributed by atoms with E-state index in [-0.39, 0.29) is 5.91 Å². The van der Waals surface area contributed by atoms with Crippen LogP contribution in [0.3, 0.4) is 0 Å². The number of hydrogen-bond donors (Lipinski definition) is 1. The van der Waals surface area contributed by atoms with Crippen molar-refractivity contribution in [2.45, 2.75) is 70.4 Å². The molecule has 3 nitrogen and oxygen atoms in total. The summed E-state index contributed by atoms with van der Waals surface area (Å²) in [7, 11) is 0. The first-order chi connectivity index (χ1) is 12.3. The number of hydrogen-bond acceptors (Lipinski definition) is 2. The molecular weight excluding hydrogens is 332 g/mol. The van der Waals surface area contributed by atoms with Crippen LogP contribution in [-0.4, -0.2) is 35.8 Å². The van der Waals surface area contributed by atoms with Crippen LogP contribution in [0.15, 0.2) is 30.3 Å². The zero-order valence-electron chi connectivity index (χ0n) is 15.4. The van der Waals surface area contributed by atoms with Crippen molar-refractivity contribution in [1.29, 1.82) is 0 Å². The maximum atomic E-state index is 12.1. The summed E-state index contributed by atoms with van der Waals surface area (Å²) in [4.78, 5) is 14.5. The van der Waals surface area contributed by atoms with Gasteiger partial charge >= 0.3 is 0 Å². The molecule has 0 spiro atoms. The van der Waals surface area contributed by atoms with E-state index in [1.807, 2.05) is 6.07 Å². The molecule has 1 aliphatic rings. The highest BCUT2D eigenvalue weighted by atomic mass is 35.5. The average Bonchev–Trinajstić information content (AvgIpc) is 2.88. The lowest BCUT2D eigenvalue weighted by molar-refractivity contribution is -0.122. The van der Waals surface area contributed by atoms with Gasteiger partial charge in [-0.25, -0.2) is 0 Å². The molecule has 1 saturated carbocycles. The Kier molecular flexibility index (Phi) is 9.98. The molecule has 140 valence electrons. The fraction of sp³-hybridized carbons (Fsp3) is 0.667. The van der Waals surface area contributed by atoms with Gasteiger partial charge in [-0.3, -0.25) is 9.69 Å². The molecule has 0 saturated heterocycles. The maximum absolute atomic E-state index is 12.1. The Hall–Kier alpha value is -1.06. The first-order valence-electron chi connectivity index (χ1n) is 9.89. The second kappa shape index (κ2) is 12.3. The summed E-state index contributed by atoms with van der Waals surface area (Å²) in [5.41, 5.74) is 1.32. The van der Waals surface area contributed by atoms with E-state index in [2.05, 4.69) is 34.5 Å². The molecule has 25 heavy (non-hydrogen) atoms. The number of carbonyl (C=O) groups excluding carboxylic acids is 1. The first kappa shape index (κ1) is 20.3. The van der Waals surface area contributed by atoms with Gasteiger partial charge in [-0.2, -0.15) is 0 Å². The van der Waals surface area contributed by atoms with Gasteiger partial charge in [0.25, 0.3) is 0 Å². The minimum absolute atomic E-state index is 0.235. The summed E-state index contributed by atoms with van der Waals surface area (Å²) >= 11 is 5.94. The molecule has 0 aliphatic heterocycles. The number of unbranched alkanes of at least 4 members (excludes halogenated alkanes) is 1. The van der Waals surface area contributed by atoms with Crippen LogP contribution in [0.5, 0.6) is 0 Å². The minimum atomic E-state index is 0.235. The summed E-state index contributed by atoms with van der Waals surface area (Å²) in [6.07, 6.45) is 10.1. The minimum Gasteiger partial charge on any atom is -0.353 e. The molecule has 0 aromatic heterocycles. The summed E-state index contributed by atoms with van der Waals surface area (Å²) in [5, 5.41) is 3.24. The Morgan fingerprint density at radius 2 is 1.76 bits per heavy atom. The van der Waals surface area contributed by atoms with Crippen LogP contribution in [0.4, 0.5) is 0 Å². The van der Waals surface area contributed by atoms with Crippen molar-refractivity contribution < 1.29 is 4.79 Å². The molecular formula is C21H33ClN2O. The third-order valence-corrected chi connectivity index (χ3v) is 5.17. The zero-order chi connectivity index (χ0) is 17.7. The highest BCUT2D eigenvalue weighted by Crippen LogP contribution is 2.17. The highest BCUT2D eigenvalue weighted by Gasteiger charge is 2.14. The smallest absolute Gasteiger partial charge is 0.220 e. The van der Waals surface area contributed by atoms with E-state index >= 15 is 0 Å². The number of halogens is 1. The predicted molar refractivity (Wildman–Crippen MR) is 106 cm³/mol. The molecule has 0 atom stereocenters. The van der Waals surface area contributed by atoms with Gasteiger partial charge < -0.3 is 5.32 Å². The van der Waals surface area contributed by atoms with Crippen LogP contribution < -0.4 is 5.32 Å².